The van der Waals surface area contributed by atoms with Crippen LogP contribution in [0.25, 0.3) is 0 Å². The van der Waals surface area contributed by atoms with Crippen LogP contribution in [0.15, 0.2) is 9.59 Å². The second-order valence-corrected chi connectivity index (χ2v) is 10.5. The van der Waals surface area contributed by atoms with Gasteiger partial charge in [-0.3, -0.25) is 43.5 Å². The molecule has 1 heterocycles. The Morgan fingerprint density at radius 3 is 1.46 bits per heavy atom. The van der Waals surface area contributed by atoms with Crippen molar-refractivity contribution in [3.8, 4) is 0 Å². The normalized spacial score (nSPS) is 15.6. The van der Waals surface area contributed by atoms with Crippen LogP contribution >= 0.6 is 0 Å². The molecule has 0 unspecified atom stereocenters. The zero-order valence-electron chi connectivity index (χ0n) is 27.9. The Labute approximate surface area is 271 Å². The number of anilines is 2. The van der Waals surface area contributed by atoms with Crippen molar-refractivity contribution in [2.45, 2.75) is 47.0 Å². The van der Waals surface area contributed by atoms with E-state index >= 15 is 0 Å². The molecule has 2 rings (SSSR count). The van der Waals surface area contributed by atoms with E-state index in [1.807, 2.05) is 30.6 Å². The molecule has 0 atom stereocenters. The first kappa shape index (κ1) is 42.4. The SMILES string of the molecule is CC.CCCCCNc1c(NCCNC(=O)CN2CCN(CC)CCN(CC(=O)O)CCN(CC(=O)O)CC2)c(=O)c1=O.O=CO. The van der Waals surface area contributed by atoms with E-state index in [0.717, 1.165) is 25.8 Å². The molecule has 16 heteroatoms. The highest BCUT2D eigenvalue weighted by Crippen LogP contribution is 2.14. The summed E-state index contributed by atoms with van der Waals surface area (Å²) in [7, 11) is 0. The van der Waals surface area contributed by atoms with Crippen LogP contribution in [0.3, 0.4) is 0 Å². The van der Waals surface area contributed by atoms with Crippen molar-refractivity contribution in [1.29, 1.82) is 0 Å². The molecule has 1 fully saturated rings. The molecular weight excluding hydrogens is 602 g/mol. The number of aliphatic carboxylic acids is 2. The van der Waals surface area contributed by atoms with Crippen molar-refractivity contribution in [3.63, 3.8) is 0 Å². The van der Waals surface area contributed by atoms with Crippen molar-refractivity contribution < 1.29 is 34.5 Å². The Bertz CT molecular complexity index is 1100. The van der Waals surface area contributed by atoms with Crippen LogP contribution < -0.4 is 26.8 Å². The number of carbonyl (C=O) groups excluding carboxylic acids is 1. The number of likely N-dealkylation sites (N-methyl/N-ethyl adjacent to an activating group) is 1. The molecule has 6 N–H and O–H groups in total. The van der Waals surface area contributed by atoms with Crippen molar-refractivity contribution in [2.75, 3.05) is 109 Å². The zero-order chi connectivity index (χ0) is 34.9. The first-order chi connectivity index (χ1) is 22.1. The minimum atomic E-state index is -0.961. The maximum Gasteiger partial charge on any atom is 0.317 e. The lowest BCUT2D eigenvalue weighted by Gasteiger charge is -2.33. The second kappa shape index (κ2) is 25.6. The van der Waals surface area contributed by atoms with Crippen LogP contribution in [-0.4, -0.2) is 157 Å². The van der Waals surface area contributed by atoms with Crippen molar-refractivity contribution in [1.82, 2.24) is 24.9 Å². The van der Waals surface area contributed by atoms with Gasteiger partial charge in [0.25, 0.3) is 17.3 Å². The van der Waals surface area contributed by atoms with Gasteiger partial charge in [0.05, 0.1) is 19.6 Å². The number of unbranched alkanes of at least 4 members (excludes halogenated alkanes) is 2. The third-order valence-electron chi connectivity index (χ3n) is 7.20. The lowest BCUT2D eigenvalue weighted by atomic mass is 10.1. The van der Waals surface area contributed by atoms with Crippen molar-refractivity contribution in [2.24, 2.45) is 0 Å². The molecule has 0 bridgehead atoms. The first-order valence-electron chi connectivity index (χ1n) is 16.0. The number of carboxylic acid groups (broad SMARTS) is 3. The minimum absolute atomic E-state index is 0.0991. The summed E-state index contributed by atoms with van der Waals surface area (Å²) < 4.78 is 0. The highest BCUT2D eigenvalue weighted by molar-refractivity contribution is 5.78. The summed E-state index contributed by atoms with van der Waals surface area (Å²) in [4.78, 5) is 75.4. The number of nitrogens with zero attached hydrogens (tertiary/aromatic N) is 4. The van der Waals surface area contributed by atoms with Gasteiger partial charge in [0.15, 0.2) is 0 Å². The van der Waals surface area contributed by atoms with Gasteiger partial charge < -0.3 is 36.2 Å². The van der Waals surface area contributed by atoms with Crippen LogP contribution in [0.2, 0.25) is 0 Å². The number of carboxylic acids is 2. The number of amides is 1. The number of nitrogens with one attached hydrogen (secondary N) is 3. The summed E-state index contributed by atoms with van der Waals surface area (Å²) in [5.74, 6) is -2.07. The van der Waals surface area contributed by atoms with E-state index < -0.39 is 22.8 Å². The molecule has 0 aromatic heterocycles. The van der Waals surface area contributed by atoms with E-state index in [2.05, 4.69) is 27.8 Å². The Balaban J connectivity index is 0.00000381. The van der Waals surface area contributed by atoms with Gasteiger partial charge in [-0.05, 0) is 13.0 Å². The molecule has 0 radical (unpaired) electrons. The molecule has 0 aliphatic carbocycles. The van der Waals surface area contributed by atoms with E-state index in [4.69, 9.17) is 9.90 Å². The highest BCUT2D eigenvalue weighted by atomic mass is 16.4. The Kier molecular flexibility index (Phi) is 23.6. The quantitative estimate of drug-likeness (QED) is 0.0755. The molecule has 1 aliphatic rings. The standard InChI is InChI=1S/C27H47N7O7.C2H6.CH2O2/c1-3-5-6-7-29-24-25(27(41)26(24)40)30-9-8-28-21(35)18-32-12-10-31(4-2)11-13-33(19-22(36)37)16-17-34(15-14-32)20-23(38)39;1-2;2-1-3/h29-30H,3-20H2,1-2H3,(H,28,35)(H,36,37)(H,38,39);1-2H3;1H,(H,2,3). The largest absolute Gasteiger partial charge is 0.483 e. The van der Waals surface area contributed by atoms with Crippen molar-refractivity contribution >= 4 is 35.7 Å². The topological polar surface area (TPSA) is 212 Å². The third kappa shape index (κ3) is 17.8. The molecule has 264 valence electrons. The molecule has 1 saturated heterocycles. The van der Waals surface area contributed by atoms with Gasteiger partial charge in [-0.1, -0.05) is 40.5 Å². The predicted molar refractivity (Wildman–Crippen MR) is 178 cm³/mol. The molecule has 1 aromatic rings. The second-order valence-electron chi connectivity index (χ2n) is 10.5. The zero-order valence-corrected chi connectivity index (χ0v) is 27.9. The summed E-state index contributed by atoms with van der Waals surface area (Å²) in [6.07, 6.45) is 3.00. The average molecular weight is 658 g/mol. The monoisotopic (exact) mass is 657 g/mol. The molecule has 0 saturated carbocycles. The van der Waals surface area contributed by atoms with Gasteiger partial charge in [-0.25, -0.2) is 0 Å². The number of carbonyl (C=O) groups is 4. The summed E-state index contributed by atoms with van der Waals surface area (Å²) in [6.45, 7) is 14.0. The predicted octanol–water partition coefficient (Wildman–Crippen LogP) is -0.449. The maximum absolute atomic E-state index is 12.7. The van der Waals surface area contributed by atoms with Crippen LogP contribution in [0, 0.1) is 0 Å². The number of rotatable bonds is 16. The summed E-state index contributed by atoms with van der Waals surface area (Å²) in [5.41, 5.74) is -0.486. The molecule has 16 nitrogen and oxygen atoms in total. The van der Waals surface area contributed by atoms with E-state index in [0.29, 0.717) is 71.1 Å². The van der Waals surface area contributed by atoms with E-state index in [1.165, 1.54) is 0 Å². The molecule has 1 aromatic carbocycles. The average Bonchev–Trinajstić information content (AvgIpc) is 3.02. The Hall–Kier alpha value is -3.60. The summed E-state index contributed by atoms with van der Waals surface area (Å²) in [6, 6.07) is 0. The Morgan fingerprint density at radius 1 is 0.674 bits per heavy atom. The van der Waals surface area contributed by atoms with Crippen LogP contribution in [0.4, 0.5) is 11.4 Å². The van der Waals surface area contributed by atoms with Gasteiger partial charge in [-0.15, -0.1) is 0 Å². The fraction of sp³-hybridized carbons (Fsp3) is 0.733. The molecule has 46 heavy (non-hydrogen) atoms. The van der Waals surface area contributed by atoms with Crippen molar-refractivity contribution in [3.05, 3.63) is 20.4 Å². The van der Waals surface area contributed by atoms with Crippen LogP contribution in [0.5, 0.6) is 0 Å². The van der Waals surface area contributed by atoms with Gasteiger partial charge in [0.1, 0.15) is 11.4 Å². The van der Waals surface area contributed by atoms with E-state index in [1.54, 1.807) is 4.90 Å². The fourth-order valence-electron chi connectivity index (χ4n) is 4.72. The molecule has 1 amide bonds. The summed E-state index contributed by atoms with van der Waals surface area (Å²) in [5, 5.41) is 34.3. The molecular formula is C30H55N7O9. The maximum atomic E-state index is 12.7. The smallest absolute Gasteiger partial charge is 0.317 e. The lowest BCUT2D eigenvalue weighted by Crippen LogP contribution is -2.49. The third-order valence-corrected chi connectivity index (χ3v) is 7.20. The fourth-order valence-corrected chi connectivity index (χ4v) is 4.72. The molecule has 1 aliphatic heterocycles. The lowest BCUT2D eigenvalue weighted by molar-refractivity contribution is -0.140. The number of hydrogen-bond donors (Lipinski definition) is 6. The molecule has 0 spiro atoms. The van der Waals surface area contributed by atoms with E-state index in [-0.39, 0.29) is 44.2 Å². The highest BCUT2D eigenvalue weighted by Gasteiger charge is 2.21. The summed E-state index contributed by atoms with van der Waals surface area (Å²) >= 11 is 0. The van der Waals surface area contributed by atoms with Crippen LogP contribution in [-0.2, 0) is 19.2 Å². The van der Waals surface area contributed by atoms with Gasteiger partial charge >= 0.3 is 11.9 Å². The van der Waals surface area contributed by atoms with Gasteiger partial charge in [0, 0.05) is 72.0 Å². The van der Waals surface area contributed by atoms with E-state index in [9.17, 15) is 34.2 Å². The Morgan fingerprint density at radius 2 is 1.07 bits per heavy atom. The number of hydrogen-bond acceptors (Lipinski definition) is 12. The first-order valence-corrected chi connectivity index (χ1v) is 16.0. The van der Waals surface area contributed by atoms with Gasteiger partial charge in [0.2, 0.25) is 5.91 Å². The van der Waals surface area contributed by atoms with Gasteiger partial charge in [-0.2, -0.15) is 0 Å². The van der Waals surface area contributed by atoms with Crippen LogP contribution in [0.1, 0.15) is 47.0 Å². The minimum Gasteiger partial charge on any atom is -0.483 e.